The maximum absolute atomic E-state index is 5.18. The fraction of sp³-hybridized carbons (Fsp3) is 0.105. The standard InChI is InChI=1S/C19H16N4O/c1-13-21-22-19-17(12-9-14-7-10-15(24-2)11-8-14)20-16-5-3-4-6-18(16)23(13)19/h3-12H,1-2H3/b12-9+. The molecule has 0 bridgehead atoms. The Labute approximate surface area is 139 Å². The van der Waals surface area contributed by atoms with Crippen LogP contribution in [0.2, 0.25) is 0 Å². The summed E-state index contributed by atoms with van der Waals surface area (Å²) in [6, 6.07) is 15.9. The number of nitrogens with zero attached hydrogens (tertiary/aromatic N) is 4. The first-order valence-corrected chi connectivity index (χ1v) is 7.69. The van der Waals surface area contributed by atoms with Crippen molar-refractivity contribution in [2.24, 2.45) is 0 Å². The van der Waals surface area contributed by atoms with Gasteiger partial charge in [-0.1, -0.05) is 30.3 Å². The molecule has 118 valence electrons. The Bertz CT molecular complexity index is 1050. The van der Waals surface area contributed by atoms with Crippen LogP contribution in [0.15, 0.2) is 48.5 Å². The number of hydrogen-bond donors (Lipinski definition) is 0. The topological polar surface area (TPSA) is 52.3 Å². The zero-order valence-corrected chi connectivity index (χ0v) is 13.5. The number of ether oxygens (including phenoxy) is 1. The molecule has 0 unspecified atom stereocenters. The largest absolute Gasteiger partial charge is 0.497 e. The van der Waals surface area contributed by atoms with Gasteiger partial charge in [-0.25, -0.2) is 4.98 Å². The lowest BCUT2D eigenvalue weighted by molar-refractivity contribution is 0.415. The molecule has 24 heavy (non-hydrogen) atoms. The summed E-state index contributed by atoms with van der Waals surface area (Å²) >= 11 is 0. The van der Waals surface area contributed by atoms with Gasteiger partial charge in [0.2, 0.25) is 0 Å². The number of hydrogen-bond acceptors (Lipinski definition) is 4. The molecule has 5 heteroatoms. The third-order valence-corrected chi connectivity index (χ3v) is 3.97. The zero-order valence-electron chi connectivity index (χ0n) is 13.5. The number of rotatable bonds is 3. The van der Waals surface area contributed by atoms with Crippen LogP contribution in [-0.4, -0.2) is 26.7 Å². The summed E-state index contributed by atoms with van der Waals surface area (Å²) in [6.07, 6.45) is 3.98. The molecule has 4 rings (SSSR count). The van der Waals surface area contributed by atoms with Crippen molar-refractivity contribution in [2.75, 3.05) is 7.11 Å². The summed E-state index contributed by atoms with van der Waals surface area (Å²) in [4.78, 5) is 4.73. The molecule has 2 aromatic carbocycles. The highest BCUT2D eigenvalue weighted by molar-refractivity contribution is 5.83. The van der Waals surface area contributed by atoms with Crippen LogP contribution in [-0.2, 0) is 0 Å². The van der Waals surface area contributed by atoms with Crippen LogP contribution >= 0.6 is 0 Å². The first-order valence-electron chi connectivity index (χ1n) is 7.69. The van der Waals surface area contributed by atoms with Crippen LogP contribution in [0.3, 0.4) is 0 Å². The van der Waals surface area contributed by atoms with Crippen molar-refractivity contribution in [2.45, 2.75) is 6.92 Å². The van der Waals surface area contributed by atoms with E-state index in [1.165, 1.54) is 0 Å². The highest BCUT2D eigenvalue weighted by atomic mass is 16.5. The first-order chi connectivity index (χ1) is 11.8. The monoisotopic (exact) mass is 316 g/mol. The molecule has 0 fully saturated rings. The Kier molecular flexibility index (Phi) is 3.46. The van der Waals surface area contributed by atoms with Gasteiger partial charge < -0.3 is 4.74 Å². The molecule has 0 aliphatic carbocycles. The summed E-state index contributed by atoms with van der Waals surface area (Å²) in [5, 5.41) is 8.49. The van der Waals surface area contributed by atoms with Crippen molar-refractivity contribution in [3.05, 3.63) is 65.6 Å². The second-order valence-corrected chi connectivity index (χ2v) is 5.50. The SMILES string of the molecule is COc1ccc(/C=C/c2nc3ccccc3n3c(C)nnc23)cc1. The molecule has 0 spiro atoms. The number of methoxy groups -OCH3 is 1. The second-order valence-electron chi connectivity index (χ2n) is 5.50. The Balaban J connectivity index is 1.84. The van der Waals surface area contributed by atoms with Gasteiger partial charge in [0.1, 0.15) is 17.3 Å². The van der Waals surface area contributed by atoms with Crippen LogP contribution in [0, 0.1) is 6.92 Å². The third kappa shape index (κ3) is 2.40. The van der Waals surface area contributed by atoms with Crippen molar-refractivity contribution < 1.29 is 4.74 Å². The van der Waals surface area contributed by atoms with Crippen molar-refractivity contribution >= 4 is 28.8 Å². The average molecular weight is 316 g/mol. The van der Waals surface area contributed by atoms with E-state index in [4.69, 9.17) is 9.72 Å². The Hall–Kier alpha value is -3.21. The molecule has 0 aliphatic heterocycles. The summed E-state index contributed by atoms with van der Waals surface area (Å²) in [5.41, 5.74) is 4.56. The molecule has 0 amide bonds. The molecule has 0 saturated heterocycles. The van der Waals surface area contributed by atoms with Crippen LogP contribution in [0.1, 0.15) is 17.1 Å². The molecule has 0 N–H and O–H groups in total. The van der Waals surface area contributed by atoms with E-state index in [0.29, 0.717) is 0 Å². The Morgan fingerprint density at radius 2 is 1.75 bits per heavy atom. The molecule has 0 radical (unpaired) electrons. The van der Waals surface area contributed by atoms with Crippen molar-refractivity contribution in [3.63, 3.8) is 0 Å². The van der Waals surface area contributed by atoms with E-state index >= 15 is 0 Å². The van der Waals surface area contributed by atoms with E-state index in [9.17, 15) is 0 Å². The smallest absolute Gasteiger partial charge is 0.187 e. The maximum atomic E-state index is 5.18. The summed E-state index contributed by atoms with van der Waals surface area (Å²) < 4.78 is 7.22. The molecule has 0 saturated carbocycles. The predicted octanol–water partition coefficient (Wildman–Crippen LogP) is 3.76. The number of aromatic nitrogens is 4. The Morgan fingerprint density at radius 3 is 2.54 bits per heavy atom. The molecule has 4 aromatic rings. The molecule has 2 heterocycles. The summed E-state index contributed by atoms with van der Waals surface area (Å²) in [6.45, 7) is 1.95. The molecule has 2 aromatic heterocycles. The van der Waals surface area contributed by atoms with E-state index in [-0.39, 0.29) is 0 Å². The predicted molar refractivity (Wildman–Crippen MR) is 94.9 cm³/mol. The number of para-hydroxylation sites is 2. The summed E-state index contributed by atoms with van der Waals surface area (Å²) in [5.74, 6) is 1.69. The Morgan fingerprint density at radius 1 is 0.958 bits per heavy atom. The lowest BCUT2D eigenvalue weighted by Gasteiger charge is -2.05. The van der Waals surface area contributed by atoms with E-state index in [2.05, 4.69) is 10.2 Å². The quantitative estimate of drug-likeness (QED) is 0.577. The van der Waals surface area contributed by atoms with Gasteiger partial charge in [-0.15, -0.1) is 10.2 Å². The van der Waals surface area contributed by atoms with Gasteiger partial charge in [0.05, 0.1) is 18.1 Å². The highest BCUT2D eigenvalue weighted by Crippen LogP contribution is 2.20. The van der Waals surface area contributed by atoms with Crippen LogP contribution in [0.5, 0.6) is 5.75 Å². The van der Waals surface area contributed by atoms with Gasteiger partial charge in [0.15, 0.2) is 5.65 Å². The zero-order chi connectivity index (χ0) is 16.5. The van der Waals surface area contributed by atoms with Crippen molar-refractivity contribution in [1.29, 1.82) is 0 Å². The number of benzene rings is 2. The van der Waals surface area contributed by atoms with Gasteiger partial charge in [-0.3, -0.25) is 4.40 Å². The fourth-order valence-electron chi connectivity index (χ4n) is 2.75. The van der Waals surface area contributed by atoms with Gasteiger partial charge in [-0.2, -0.15) is 0 Å². The molecular formula is C19H16N4O. The lowest BCUT2D eigenvalue weighted by atomic mass is 10.2. The highest BCUT2D eigenvalue weighted by Gasteiger charge is 2.10. The minimum Gasteiger partial charge on any atom is -0.497 e. The van der Waals surface area contributed by atoms with Gasteiger partial charge in [0.25, 0.3) is 0 Å². The lowest BCUT2D eigenvalue weighted by Crippen LogP contribution is -1.96. The van der Waals surface area contributed by atoms with E-state index in [1.807, 2.05) is 72.0 Å². The minimum absolute atomic E-state index is 0.760. The van der Waals surface area contributed by atoms with Crippen molar-refractivity contribution in [1.82, 2.24) is 19.6 Å². The van der Waals surface area contributed by atoms with Crippen LogP contribution in [0.4, 0.5) is 0 Å². The molecule has 0 atom stereocenters. The minimum atomic E-state index is 0.760. The van der Waals surface area contributed by atoms with E-state index in [1.54, 1.807) is 7.11 Å². The second kappa shape index (κ2) is 5.77. The van der Waals surface area contributed by atoms with E-state index in [0.717, 1.165) is 39.5 Å². The number of aryl methyl sites for hydroxylation is 1. The fourth-order valence-corrected chi connectivity index (χ4v) is 2.75. The molecule has 0 aliphatic rings. The average Bonchev–Trinajstić information content (AvgIpc) is 3.02. The van der Waals surface area contributed by atoms with Crippen LogP contribution in [0.25, 0.3) is 28.8 Å². The van der Waals surface area contributed by atoms with Gasteiger partial charge in [0, 0.05) is 0 Å². The third-order valence-electron chi connectivity index (χ3n) is 3.97. The van der Waals surface area contributed by atoms with E-state index < -0.39 is 0 Å². The summed E-state index contributed by atoms with van der Waals surface area (Å²) in [7, 11) is 1.66. The molecule has 5 nitrogen and oxygen atoms in total. The maximum Gasteiger partial charge on any atom is 0.187 e. The van der Waals surface area contributed by atoms with Crippen molar-refractivity contribution in [3.8, 4) is 5.75 Å². The van der Waals surface area contributed by atoms with Crippen LogP contribution < -0.4 is 4.74 Å². The molecular weight excluding hydrogens is 300 g/mol. The van der Waals surface area contributed by atoms with Gasteiger partial charge >= 0.3 is 0 Å². The number of fused-ring (bicyclic) bond motifs is 3. The van der Waals surface area contributed by atoms with Gasteiger partial charge in [-0.05, 0) is 42.8 Å². The first kappa shape index (κ1) is 14.4. The normalized spacial score (nSPS) is 11.6.